The molecule has 0 saturated heterocycles. The fourth-order valence-corrected chi connectivity index (χ4v) is 2.52. The summed E-state index contributed by atoms with van der Waals surface area (Å²) in [5, 5.41) is 15.7. The average molecular weight is 344 g/mol. The maximum Gasteiger partial charge on any atom is 0.304 e. The number of halogens is 1. The lowest BCUT2D eigenvalue weighted by atomic mass is 10.2. The Labute approximate surface area is 120 Å². The first kappa shape index (κ1) is 13.9. The largest absolute Gasteiger partial charge is 0.315 e. The molecule has 100 valence electrons. The molecule has 0 aliphatic heterocycles. The van der Waals surface area contributed by atoms with Gasteiger partial charge in [0.25, 0.3) is 5.69 Å². The Kier molecular flexibility index (Phi) is 4.46. The first-order valence-electron chi connectivity index (χ1n) is 5.36. The number of rotatable bonds is 5. The minimum absolute atomic E-state index is 0.0701. The number of benzene rings is 1. The summed E-state index contributed by atoms with van der Waals surface area (Å²) in [4.78, 5) is 24.0. The van der Waals surface area contributed by atoms with Crippen molar-refractivity contribution in [3.05, 3.63) is 59.1 Å². The topological polar surface area (TPSA) is 88.0 Å². The van der Waals surface area contributed by atoms with Crippen molar-refractivity contribution in [1.82, 2.24) is 10.3 Å². The highest BCUT2D eigenvalue weighted by Crippen LogP contribution is 2.23. The first-order valence-corrected chi connectivity index (χ1v) is 7.04. The van der Waals surface area contributed by atoms with Crippen molar-refractivity contribution in [2.45, 2.75) is 13.1 Å². The first-order chi connectivity index (χ1) is 9.06. The number of nitrogens with one attached hydrogen (secondary N) is 2. The van der Waals surface area contributed by atoms with Crippen molar-refractivity contribution in [3.8, 4) is 0 Å². The summed E-state index contributed by atoms with van der Waals surface area (Å²) in [5.74, 6) is 0. The second-order valence-electron chi connectivity index (χ2n) is 3.81. The van der Waals surface area contributed by atoms with Crippen LogP contribution in [0.1, 0.15) is 11.3 Å². The van der Waals surface area contributed by atoms with Crippen LogP contribution < -0.4 is 10.2 Å². The van der Waals surface area contributed by atoms with Gasteiger partial charge in [-0.25, -0.2) is 0 Å². The van der Waals surface area contributed by atoms with Gasteiger partial charge < -0.3 is 10.3 Å². The van der Waals surface area contributed by atoms with Crippen LogP contribution in [0.4, 0.5) is 5.69 Å². The van der Waals surface area contributed by atoms with Gasteiger partial charge in [0, 0.05) is 40.3 Å². The predicted molar refractivity (Wildman–Crippen MR) is 76.3 cm³/mol. The standard InChI is InChI=1S/C11H10BrN3O3S/c12-8-2-1-7(10(3-8)15(17)18)4-13-5-9-6-19-11(16)14-9/h1-3,6,13H,4-5H2,(H,14,16). The van der Waals surface area contributed by atoms with Gasteiger partial charge in [-0.05, 0) is 12.1 Å². The van der Waals surface area contributed by atoms with Gasteiger partial charge in [0.15, 0.2) is 0 Å². The highest BCUT2D eigenvalue weighted by Gasteiger charge is 2.13. The summed E-state index contributed by atoms with van der Waals surface area (Å²) < 4.78 is 0.671. The summed E-state index contributed by atoms with van der Waals surface area (Å²) >= 11 is 4.30. The molecule has 2 N–H and O–H groups in total. The van der Waals surface area contributed by atoms with Crippen molar-refractivity contribution >= 4 is 33.0 Å². The molecule has 6 nitrogen and oxygen atoms in total. The molecule has 0 atom stereocenters. The van der Waals surface area contributed by atoms with Crippen molar-refractivity contribution in [2.75, 3.05) is 0 Å². The Morgan fingerprint density at radius 3 is 2.84 bits per heavy atom. The van der Waals surface area contributed by atoms with Crippen LogP contribution in [-0.4, -0.2) is 9.91 Å². The second-order valence-corrected chi connectivity index (χ2v) is 5.56. The zero-order valence-corrected chi connectivity index (χ0v) is 12.1. The van der Waals surface area contributed by atoms with Gasteiger partial charge in [0.1, 0.15) is 0 Å². The quantitative estimate of drug-likeness (QED) is 0.644. The summed E-state index contributed by atoms with van der Waals surface area (Å²) in [7, 11) is 0. The predicted octanol–water partition coefficient (Wildman–Crippen LogP) is 2.40. The molecule has 8 heteroatoms. The van der Waals surface area contributed by atoms with E-state index < -0.39 is 4.92 Å². The molecule has 0 fully saturated rings. The lowest BCUT2D eigenvalue weighted by Crippen LogP contribution is -2.14. The molecule has 1 aromatic heterocycles. The second kappa shape index (κ2) is 6.09. The van der Waals surface area contributed by atoms with Gasteiger partial charge in [0.2, 0.25) is 0 Å². The van der Waals surface area contributed by atoms with Crippen LogP contribution in [0.5, 0.6) is 0 Å². The molecule has 0 aliphatic carbocycles. The van der Waals surface area contributed by atoms with Crippen molar-refractivity contribution in [3.63, 3.8) is 0 Å². The number of nitrogens with zero attached hydrogens (tertiary/aromatic N) is 1. The highest BCUT2D eigenvalue weighted by molar-refractivity contribution is 9.10. The van der Waals surface area contributed by atoms with Gasteiger partial charge in [-0.1, -0.05) is 27.3 Å². The van der Waals surface area contributed by atoms with E-state index in [4.69, 9.17) is 0 Å². The third-order valence-electron chi connectivity index (χ3n) is 2.45. The molecule has 2 rings (SSSR count). The molecule has 19 heavy (non-hydrogen) atoms. The van der Waals surface area contributed by atoms with E-state index in [2.05, 4.69) is 26.2 Å². The summed E-state index contributed by atoms with van der Waals surface area (Å²) in [5.41, 5.74) is 1.45. The van der Waals surface area contributed by atoms with Crippen LogP contribution in [0.3, 0.4) is 0 Å². The van der Waals surface area contributed by atoms with E-state index in [0.717, 1.165) is 17.0 Å². The van der Waals surface area contributed by atoms with Crippen LogP contribution in [0, 0.1) is 10.1 Å². The Morgan fingerprint density at radius 2 is 2.21 bits per heavy atom. The lowest BCUT2D eigenvalue weighted by molar-refractivity contribution is -0.385. The lowest BCUT2D eigenvalue weighted by Gasteiger charge is -2.05. The third-order valence-corrected chi connectivity index (χ3v) is 3.66. The fraction of sp³-hybridized carbons (Fsp3) is 0.182. The maximum absolute atomic E-state index is 10.9. The molecule has 1 aromatic carbocycles. The average Bonchev–Trinajstić information content (AvgIpc) is 2.77. The van der Waals surface area contributed by atoms with Crippen LogP contribution in [0.2, 0.25) is 0 Å². The molecule has 0 aliphatic rings. The van der Waals surface area contributed by atoms with Crippen LogP contribution in [0.15, 0.2) is 32.8 Å². The summed E-state index contributed by atoms with van der Waals surface area (Å²) in [6.45, 7) is 0.827. The molecule has 0 saturated carbocycles. The van der Waals surface area contributed by atoms with E-state index in [1.165, 1.54) is 6.07 Å². The number of aromatic amines is 1. The minimum Gasteiger partial charge on any atom is -0.315 e. The fourth-order valence-electron chi connectivity index (χ4n) is 1.59. The SMILES string of the molecule is O=c1[nH]c(CNCc2ccc(Br)cc2[N+](=O)[O-])cs1. The number of H-pyrrole nitrogens is 1. The van der Waals surface area contributed by atoms with Gasteiger partial charge in [-0.3, -0.25) is 14.9 Å². The van der Waals surface area contributed by atoms with E-state index in [9.17, 15) is 14.9 Å². The van der Waals surface area contributed by atoms with E-state index in [-0.39, 0.29) is 10.6 Å². The van der Waals surface area contributed by atoms with E-state index in [1.807, 2.05) is 0 Å². The zero-order valence-electron chi connectivity index (χ0n) is 9.68. The Morgan fingerprint density at radius 1 is 1.42 bits per heavy atom. The van der Waals surface area contributed by atoms with Crippen molar-refractivity contribution < 1.29 is 4.92 Å². The number of hydrogen-bond acceptors (Lipinski definition) is 5. The molecule has 0 radical (unpaired) electrons. The van der Waals surface area contributed by atoms with Crippen LogP contribution in [-0.2, 0) is 13.1 Å². The van der Waals surface area contributed by atoms with Crippen molar-refractivity contribution in [2.24, 2.45) is 0 Å². The number of nitro groups is 1. The number of nitro benzene ring substituents is 1. The van der Waals surface area contributed by atoms with Crippen LogP contribution >= 0.6 is 27.3 Å². The third kappa shape index (κ3) is 3.72. The minimum atomic E-state index is -0.408. The molecule has 2 aromatic rings. The molecule has 0 bridgehead atoms. The smallest absolute Gasteiger partial charge is 0.304 e. The van der Waals surface area contributed by atoms with Crippen LogP contribution in [0.25, 0.3) is 0 Å². The normalized spacial score (nSPS) is 10.6. The van der Waals surface area contributed by atoms with Gasteiger partial charge in [-0.2, -0.15) is 0 Å². The van der Waals surface area contributed by atoms with E-state index in [1.54, 1.807) is 17.5 Å². The summed E-state index contributed by atoms with van der Waals surface area (Å²) in [6.07, 6.45) is 0. The molecular weight excluding hydrogens is 334 g/mol. The highest BCUT2D eigenvalue weighted by atomic mass is 79.9. The maximum atomic E-state index is 10.9. The molecule has 0 amide bonds. The monoisotopic (exact) mass is 343 g/mol. The molecule has 0 unspecified atom stereocenters. The Hall–Kier alpha value is -1.51. The number of thiazole rings is 1. The number of hydrogen-bond donors (Lipinski definition) is 2. The van der Waals surface area contributed by atoms with E-state index >= 15 is 0 Å². The molecule has 1 heterocycles. The number of aromatic nitrogens is 1. The Balaban J connectivity index is 2.03. The molecule has 0 spiro atoms. The van der Waals surface area contributed by atoms with Gasteiger partial charge in [0.05, 0.1) is 4.92 Å². The molecular formula is C11H10BrN3O3S. The van der Waals surface area contributed by atoms with Gasteiger partial charge >= 0.3 is 4.87 Å². The summed E-state index contributed by atoms with van der Waals surface area (Å²) in [6, 6.07) is 4.94. The zero-order chi connectivity index (χ0) is 13.8. The van der Waals surface area contributed by atoms with Gasteiger partial charge in [-0.15, -0.1) is 0 Å². The van der Waals surface area contributed by atoms with E-state index in [0.29, 0.717) is 23.1 Å². The van der Waals surface area contributed by atoms with Crippen molar-refractivity contribution in [1.29, 1.82) is 0 Å². The Bertz CT molecular complexity index is 653.